The van der Waals surface area contributed by atoms with Crippen LogP contribution in [0.2, 0.25) is 0 Å². The van der Waals surface area contributed by atoms with E-state index < -0.39 is 0 Å². The molecule has 5 rings (SSSR count). The first kappa shape index (κ1) is 21.0. The minimum absolute atomic E-state index is 0.227. The summed E-state index contributed by atoms with van der Waals surface area (Å²) in [4.78, 5) is 16.5. The lowest BCUT2D eigenvalue weighted by Gasteiger charge is -2.07. The van der Waals surface area contributed by atoms with Crippen LogP contribution < -0.4 is 10.1 Å². The normalized spacial score (nSPS) is 11.1. The largest absolute Gasteiger partial charge is 0.497 e. The third-order valence-corrected chi connectivity index (χ3v) is 5.17. The number of anilines is 1. The third kappa shape index (κ3) is 4.51. The lowest BCUT2D eigenvalue weighted by molar-refractivity contribution is -0.111. The van der Waals surface area contributed by atoms with Crippen LogP contribution in [0.1, 0.15) is 5.56 Å². The van der Waals surface area contributed by atoms with E-state index in [4.69, 9.17) is 9.84 Å². The van der Waals surface area contributed by atoms with Crippen LogP contribution in [-0.4, -0.2) is 37.8 Å². The Kier molecular flexibility index (Phi) is 5.77. The minimum Gasteiger partial charge on any atom is -0.497 e. The summed E-state index contributed by atoms with van der Waals surface area (Å²) in [5, 5.41) is 16.1. The first-order chi connectivity index (χ1) is 16.7. The Bertz CT molecular complexity index is 1480. The maximum absolute atomic E-state index is 12.4. The molecule has 8 heteroatoms. The molecule has 0 bridgehead atoms. The smallest absolute Gasteiger partial charge is 0.248 e. The number of methoxy groups -OCH3 is 1. The molecule has 3 aromatic heterocycles. The standard InChI is InChI=1S/C26H20N6O2/c1-34-22-8-5-18(6-9-22)7-12-25(33)28-21-4-2-3-20(17-21)23-10-11-24-29-30-26(32(24)31-23)19-13-15-27-16-14-19/h2-17H,1H3,(H,28,33)/b12-7+. The molecule has 0 aliphatic carbocycles. The molecule has 0 saturated carbocycles. The molecule has 8 nitrogen and oxygen atoms in total. The molecule has 0 saturated heterocycles. The monoisotopic (exact) mass is 448 g/mol. The van der Waals surface area contributed by atoms with Crippen molar-refractivity contribution in [3.8, 4) is 28.4 Å². The van der Waals surface area contributed by atoms with Gasteiger partial charge >= 0.3 is 0 Å². The van der Waals surface area contributed by atoms with Gasteiger partial charge < -0.3 is 10.1 Å². The summed E-state index contributed by atoms with van der Waals surface area (Å²) >= 11 is 0. The van der Waals surface area contributed by atoms with Crippen molar-refractivity contribution >= 4 is 23.3 Å². The lowest BCUT2D eigenvalue weighted by atomic mass is 10.1. The van der Waals surface area contributed by atoms with Crippen LogP contribution in [0.25, 0.3) is 34.4 Å². The second-order valence-electron chi connectivity index (χ2n) is 7.42. The zero-order valence-electron chi connectivity index (χ0n) is 18.3. The molecule has 34 heavy (non-hydrogen) atoms. The average Bonchev–Trinajstić information content (AvgIpc) is 3.32. The molecule has 0 atom stereocenters. The first-order valence-electron chi connectivity index (χ1n) is 10.6. The molecule has 166 valence electrons. The number of nitrogens with zero attached hydrogens (tertiary/aromatic N) is 5. The SMILES string of the molecule is COc1ccc(/C=C/C(=O)Nc2cccc(-c3ccc4nnc(-c5ccncc5)n4n3)c2)cc1. The van der Waals surface area contributed by atoms with Gasteiger partial charge in [0.1, 0.15) is 5.75 Å². The number of hydrogen-bond acceptors (Lipinski definition) is 6. The number of carbonyl (C=O) groups excluding carboxylic acids is 1. The molecule has 0 aliphatic rings. The summed E-state index contributed by atoms with van der Waals surface area (Å²) in [6, 6.07) is 22.5. The number of nitrogens with one attached hydrogen (secondary N) is 1. The van der Waals surface area contributed by atoms with Crippen molar-refractivity contribution in [2.24, 2.45) is 0 Å². The third-order valence-electron chi connectivity index (χ3n) is 5.17. The van der Waals surface area contributed by atoms with Gasteiger partial charge in [-0.1, -0.05) is 24.3 Å². The van der Waals surface area contributed by atoms with Gasteiger partial charge in [-0.3, -0.25) is 9.78 Å². The van der Waals surface area contributed by atoms with Crippen LogP contribution in [0.4, 0.5) is 5.69 Å². The van der Waals surface area contributed by atoms with Crippen molar-refractivity contribution in [3.05, 3.63) is 96.8 Å². The number of aromatic nitrogens is 5. The number of carbonyl (C=O) groups is 1. The zero-order valence-corrected chi connectivity index (χ0v) is 18.3. The lowest BCUT2D eigenvalue weighted by Crippen LogP contribution is -2.07. The predicted octanol–water partition coefficient (Wildman–Crippen LogP) is 4.51. The molecule has 0 spiro atoms. The van der Waals surface area contributed by atoms with Gasteiger partial charge in [-0.25, -0.2) is 0 Å². The number of benzene rings is 2. The highest BCUT2D eigenvalue weighted by Crippen LogP contribution is 2.23. The van der Waals surface area contributed by atoms with E-state index in [1.54, 1.807) is 30.1 Å². The molecule has 0 aliphatic heterocycles. The Balaban J connectivity index is 1.36. The van der Waals surface area contributed by atoms with E-state index >= 15 is 0 Å². The quantitative estimate of drug-likeness (QED) is 0.384. The van der Waals surface area contributed by atoms with Gasteiger partial charge in [-0.05, 0) is 60.2 Å². The predicted molar refractivity (Wildman–Crippen MR) is 130 cm³/mol. The van der Waals surface area contributed by atoms with Crippen LogP contribution in [-0.2, 0) is 4.79 Å². The summed E-state index contributed by atoms with van der Waals surface area (Å²) in [5.41, 5.74) is 4.67. The summed E-state index contributed by atoms with van der Waals surface area (Å²) < 4.78 is 6.85. The van der Waals surface area contributed by atoms with Crippen LogP contribution >= 0.6 is 0 Å². The van der Waals surface area contributed by atoms with E-state index in [0.29, 0.717) is 17.2 Å². The van der Waals surface area contributed by atoms with Crippen molar-refractivity contribution in [2.75, 3.05) is 12.4 Å². The number of hydrogen-bond donors (Lipinski definition) is 1. The molecule has 3 heterocycles. The van der Waals surface area contributed by atoms with Gasteiger partial charge in [0.25, 0.3) is 0 Å². The van der Waals surface area contributed by atoms with E-state index in [1.165, 1.54) is 6.08 Å². The number of ether oxygens (including phenoxy) is 1. The average molecular weight is 448 g/mol. The summed E-state index contributed by atoms with van der Waals surface area (Å²) in [6.45, 7) is 0. The van der Waals surface area contributed by atoms with Crippen molar-refractivity contribution in [2.45, 2.75) is 0 Å². The first-order valence-corrected chi connectivity index (χ1v) is 10.6. The van der Waals surface area contributed by atoms with Gasteiger partial charge in [0.2, 0.25) is 5.91 Å². The number of amides is 1. The van der Waals surface area contributed by atoms with Crippen molar-refractivity contribution in [1.29, 1.82) is 0 Å². The molecule has 0 unspecified atom stereocenters. The van der Waals surface area contributed by atoms with Gasteiger partial charge in [0.15, 0.2) is 11.5 Å². The van der Waals surface area contributed by atoms with Crippen LogP contribution in [0, 0.1) is 0 Å². The second kappa shape index (κ2) is 9.33. The molecule has 5 aromatic rings. The number of pyridine rings is 1. The zero-order chi connectivity index (χ0) is 23.3. The highest BCUT2D eigenvalue weighted by molar-refractivity contribution is 6.02. The van der Waals surface area contributed by atoms with Crippen LogP contribution in [0.5, 0.6) is 5.75 Å². The summed E-state index contributed by atoms with van der Waals surface area (Å²) in [6.07, 6.45) is 6.66. The number of rotatable bonds is 6. The molecule has 2 aromatic carbocycles. The molecule has 0 fully saturated rings. The Morgan fingerprint density at radius 3 is 2.56 bits per heavy atom. The minimum atomic E-state index is -0.227. The highest BCUT2D eigenvalue weighted by atomic mass is 16.5. The Morgan fingerprint density at radius 2 is 1.76 bits per heavy atom. The van der Waals surface area contributed by atoms with E-state index in [2.05, 4.69) is 20.5 Å². The molecular formula is C26H20N6O2. The fraction of sp³-hybridized carbons (Fsp3) is 0.0385. The topological polar surface area (TPSA) is 94.3 Å². The van der Waals surface area contributed by atoms with Gasteiger partial charge in [-0.15, -0.1) is 10.2 Å². The maximum Gasteiger partial charge on any atom is 0.248 e. The van der Waals surface area contributed by atoms with Crippen molar-refractivity contribution in [1.82, 2.24) is 24.8 Å². The van der Waals surface area contributed by atoms with Crippen molar-refractivity contribution < 1.29 is 9.53 Å². The Hall–Kier alpha value is -4.85. The van der Waals surface area contributed by atoms with Crippen molar-refractivity contribution in [3.63, 3.8) is 0 Å². The maximum atomic E-state index is 12.4. The van der Waals surface area contributed by atoms with E-state index in [0.717, 1.165) is 28.1 Å². The molecular weight excluding hydrogens is 428 g/mol. The van der Waals surface area contributed by atoms with Crippen LogP contribution in [0.15, 0.2) is 91.3 Å². The van der Waals surface area contributed by atoms with Gasteiger partial charge in [0.05, 0.1) is 12.8 Å². The highest BCUT2D eigenvalue weighted by Gasteiger charge is 2.11. The van der Waals surface area contributed by atoms with E-state index in [9.17, 15) is 4.79 Å². The Morgan fingerprint density at radius 1 is 0.941 bits per heavy atom. The van der Waals surface area contributed by atoms with Gasteiger partial charge in [-0.2, -0.15) is 9.61 Å². The molecule has 0 radical (unpaired) electrons. The Labute approximate surface area is 195 Å². The number of fused-ring (bicyclic) bond motifs is 1. The van der Waals surface area contributed by atoms with Gasteiger partial charge in [0, 0.05) is 35.3 Å². The van der Waals surface area contributed by atoms with Crippen LogP contribution in [0.3, 0.4) is 0 Å². The summed E-state index contributed by atoms with van der Waals surface area (Å²) in [7, 11) is 1.62. The second-order valence-corrected chi connectivity index (χ2v) is 7.42. The molecule has 1 N–H and O–H groups in total. The summed E-state index contributed by atoms with van der Waals surface area (Å²) in [5.74, 6) is 1.17. The van der Waals surface area contributed by atoms with E-state index in [1.807, 2.05) is 72.8 Å². The fourth-order valence-electron chi connectivity index (χ4n) is 3.45. The fourth-order valence-corrected chi connectivity index (χ4v) is 3.45. The molecule has 1 amide bonds. The van der Waals surface area contributed by atoms with E-state index in [-0.39, 0.29) is 5.91 Å².